The van der Waals surface area contributed by atoms with E-state index < -0.39 is 11.6 Å². The third-order valence-corrected chi connectivity index (χ3v) is 2.85. The van der Waals surface area contributed by atoms with E-state index in [2.05, 4.69) is 10.3 Å². The monoisotopic (exact) mass is 251 g/mol. The van der Waals surface area contributed by atoms with E-state index in [1.165, 1.54) is 6.07 Å². The molecule has 0 bridgehead atoms. The van der Waals surface area contributed by atoms with Crippen LogP contribution in [0, 0.1) is 11.6 Å². The topological polar surface area (TPSA) is 29.9 Å². The largest absolute Gasteiger partial charge is 0.337 e. The Labute approximate surface area is 104 Å². The highest BCUT2D eigenvalue weighted by molar-refractivity contribution is 5.18. The van der Waals surface area contributed by atoms with Crippen LogP contribution in [0.3, 0.4) is 0 Å². The van der Waals surface area contributed by atoms with Crippen LogP contribution < -0.4 is 5.32 Å². The van der Waals surface area contributed by atoms with Gasteiger partial charge in [0.1, 0.15) is 17.5 Å². The number of halogens is 2. The van der Waals surface area contributed by atoms with Crippen molar-refractivity contribution in [3.05, 3.63) is 53.6 Å². The molecule has 0 saturated heterocycles. The Kier molecular flexibility index (Phi) is 3.72. The maximum absolute atomic E-state index is 13.4. The average molecular weight is 251 g/mol. The van der Waals surface area contributed by atoms with Crippen molar-refractivity contribution >= 4 is 0 Å². The van der Waals surface area contributed by atoms with Crippen molar-refractivity contribution in [3.8, 4) is 0 Å². The third kappa shape index (κ3) is 2.73. The van der Waals surface area contributed by atoms with E-state index >= 15 is 0 Å². The normalized spacial score (nSPS) is 12.7. The second-order valence-corrected chi connectivity index (χ2v) is 4.23. The maximum Gasteiger partial charge on any atom is 0.127 e. The number of hydrogen-bond acceptors (Lipinski definition) is 2. The second-order valence-electron chi connectivity index (χ2n) is 4.23. The number of nitrogens with one attached hydrogen (secondary N) is 1. The predicted molar refractivity (Wildman–Crippen MR) is 64.8 cm³/mol. The molecule has 2 rings (SSSR count). The predicted octanol–water partition coefficient (Wildman–Crippen LogP) is 2.55. The van der Waals surface area contributed by atoms with Crippen LogP contribution in [0.1, 0.15) is 24.4 Å². The minimum Gasteiger partial charge on any atom is -0.337 e. The summed E-state index contributed by atoms with van der Waals surface area (Å²) < 4.78 is 28.3. The van der Waals surface area contributed by atoms with Gasteiger partial charge in [0.15, 0.2) is 0 Å². The van der Waals surface area contributed by atoms with Gasteiger partial charge in [0.2, 0.25) is 0 Å². The molecule has 0 amide bonds. The minimum atomic E-state index is -0.433. The highest BCUT2D eigenvalue weighted by Gasteiger charge is 2.11. The minimum absolute atomic E-state index is 0.0346. The number of nitrogens with zero attached hydrogens (tertiary/aromatic N) is 2. The molecule has 18 heavy (non-hydrogen) atoms. The standard InChI is InChI=1S/C13H15F2N3/c1-9(13-16-5-6-18(13)2)17-8-10-7-11(14)3-4-12(10)15/h3-7,9,17H,8H2,1-2H3. The summed E-state index contributed by atoms with van der Waals surface area (Å²) in [7, 11) is 1.89. The van der Waals surface area contributed by atoms with Crippen molar-refractivity contribution in [3.63, 3.8) is 0 Å². The lowest BCUT2D eigenvalue weighted by atomic mass is 10.2. The van der Waals surface area contributed by atoms with Crippen molar-refractivity contribution in [2.45, 2.75) is 19.5 Å². The number of benzene rings is 1. The van der Waals surface area contributed by atoms with Crippen LogP contribution in [-0.4, -0.2) is 9.55 Å². The number of aromatic nitrogens is 2. The van der Waals surface area contributed by atoms with Crippen LogP contribution >= 0.6 is 0 Å². The van der Waals surface area contributed by atoms with Crippen molar-refractivity contribution < 1.29 is 8.78 Å². The van der Waals surface area contributed by atoms with Gasteiger partial charge in [0, 0.05) is 31.5 Å². The van der Waals surface area contributed by atoms with Crippen LogP contribution in [0.5, 0.6) is 0 Å². The molecule has 1 heterocycles. The lowest BCUT2D eigenvalue weighted by Crippen LogP contribution is -2.21. The molecule has 0 aliphatic heterocycles. The molecule has 5 heteroatoms. The summed E-state index contributed by atoms with van der Waals surface area (Å²) in [5.41, 5.74) is 0.316. The van der Waals surface area contributed by atoms with Gasteiger partial charge in [0.05, 0.1) is 6.04 Å². The summed E-state index contributed by atoms with van der Waals surface area (Å²) in [5.74, 6) is 0.0144. The zero-order chi connectivity index (χ0) is 13.1. The third-order valence-electron chi connectivity index (χ3n) is 2.85. The van der Waals surface area contributed by atoms with Gasteiger partial charge in [-0.2, -0.15) is 0 Å². The number of aryl methyl sites for hydroxylation is 1. The van der Waals surface area contributed by atoms with Crippen molar-refractivity contribution in [1.29, 1.82) is 0 Å². The van der Waals surface area contributed by atoms with Crippen LogP contribution in [0.15, 0.2) is 30.6 Å². The summed E-state index contributed by atoms with van der Waals surface area (Å²) in [6.07, 6.45) is 3.55. The molecule has 0 aliphatic rings. The van der Waals surface area contributed by atoms with Gasteiger partial charge in [-0.25, -0.2) is 13.8 Å². The first-order chi connectivity index (χ1) is 8.58. The molecular formula is C13H15F2N3. The van der Waals surface area contributed by atoms with Crippen molar-refractivity contribution in [1.82, 2.24) is 14.9 Å². The molecule has 0 aliphatic carbocycles. The molecule has 1 aromatic heterocycles. The zero-order valence-electron chi connectivity index (χ0n) is 10.3. The molecule has 0 fully saturated rings. The SMILES string of the molecule is CC(NCc1cc(F)ccc1F)c1nccn1C. The Morgan fingerprint density at radius 3 is 2.83 bits per heavy atom. The van der Waals surface area contributed by atoms with Crippen LogP contribution in [0.2, 0.25) is 0 Å². The summed E-state index contributed by atoms with van der Waals surface area (Å²) >= 11 is 0. The van der Waals surface area contributed by atoms with E-state index in [0.717, 1.165) is 18.0 Å². The van der Waals surface area contributed by atoms with E-state index in [1.54, 1.807) is 6.20 Å². The quantitative estimate of drug-likeness (QED) is 0.905. The molecule has 0 saturated carbocycles. The molecular weight excluding hydrogens is 236 g/mol. The van der Waals surface area contributed by atoms with Gasteiger partial charge in [-0.05, 0) is 25.1 Å². The fourth-order valence-electron chi connectivity index (χ4n) is 1.83. The van der Waals surface area contributed by atoms with Gasteiger partial charge in [0.25, 0.3) is 0 Å². The summed E-state index contributed by atoms with van der Waals surface area (Å²) in [5, 5.41) is 3.12. The Hall–Kier alpha value is -1.75. The summed E-state index contributed by atoms with van der Waals surface area (Å²) in [6, 6.07) is 3.42. The molecule has 1 N–H and O–H groups in total. The van der Waals surface area contributed by atoms with Gasteiger partial charge >= 0.3 is 0 Å². The lowest BCUT2D eigenvalue weighted by Gasteiger charge is -2.14. The Balaban J connectivity index is 2.03. The first-order valence-electron chi connectivity index (χ1n) is 5.72. The van der Waals surface area contributed by atoms with E-state index in [9.17, 15) is 8.78 Å². The van der Waals surface area contributed by atoms with Crippen molar-refractivity contribution in [2.24, 2.45) is 7.05 Å². The molecule has 3 nitrogen and oxygen atoms in total. The molecule has 1 aromatic carbocycles. The second kappa shape index (κ2) is 5.27. The van der Waals surface area contributed by atoms with Gasteiger partial charge in [-0.3, -0.25) is 0 Å². The first-order valence-corrected chi connectivity index (χ1v) is 5.72. The first kappa shape index (κ1) is 12.7. The molecule has 0 spiro atoms. The molecule has 1 atom stereocenters. The van der Waals surface area contributed by atoms with Gasteiger partial charge in [-0.1, -0.05) is 0 Å². The van der Waals surface area contributed by atoms with Crippen molar-refractivity contribution in [2.75, 3.05) is 0 Å². The fourth-order valence-corrected chi connectivity index (χ4v) is 1.83. The van der Waals surface area contributed by atoms with Crippen LogP contribution in [-0.2, 0) is 13.6 Å². The smallest absolute Gasteiger partial charge is 0.127 e. The average Bonchev–Trinajstić information content (AvgIpc) is 2.76. The highest BCUT2D eigenvalue weighted by Crippen LogP contribution is 2.13. The molecule has 2 aromatic rings. The highest BCUT2D eigenvalue weighted by atomic mass is 19.1. The van der Waals surface area contributed by atoms with Crippen LogP contribution in [0.25, 0.3) is 0 Å². The van der Waals surface area contributed by atoms with E-state index in [1.807, 2.05) is 24.7 Å². The fraction of sp³-hybridized carbons (Fsp3) is 0.308. The lowest BCUT2D eigenvalue weighted by molar-refractivity contribution is 0.509. The summed E-state index contributed by atoms with van der Waals surface area (Å²) in [6.45, 7) is 2.19. The summed E-state index contributed by atoms with van der Waals surface area (Å²) in [4.78, 5) is 4.20. The molecule has 96 valence electrons. The number of imidazole rings is 1. The zero-order valence-corrected chi connectivity index (χ0v) is 10.3. The molecule has 0 radical (unpaired) electrons. The van der Waals surface area contributed by atoms with Gasteiger partial charge < -0.3 is 9.88 Å². The molecule has 1 unspecified atom stereocenters. The maximum atomic E-state index is 13.4. The van der Waals surface area contributed by atoms with Crippen LogP contribution in [0.4, 0.5) is 8.78 Å². The Morgan fingerprint density at radius 2 is 2.17 bits per heavy atom. The van der Waals surface area contributed by atoms with E-state index in [4.69, 9.17) is 0 Å². The van der Waals surface area contributed by atoms with E-state index in [-0.39, 0.29) is 12.6 Å². The number of hydrogen-bond donors (Lipinski definition) is 1. The van der Waals surface area contributed by atoms with Gasteiger partial charge in [-0.15, -0.1) is 0 Å². The Morgan fingerprint density at radius 1 is 1.39 bits per heavy atom. The van der Waals surface area contributed by atoms with E-state index in [0.29, 0.717) is 5.56 Å². The Bertz CT molecular complexity index is 537. The number of rotatable bonds is 4.